The van der Waals surface area contributed by atoms with E-state index in [1.165, 1.54) is 34.4 Å². The van der Waals surface area contributed by atoms with E-state index in [-0.39, 0.29) is 6.03 Å². The monoisotopic (exact) mass is 465 g/mol. The summed E-state index contributed by atoms with van der Waals surface area (Å²) in [4.78, 5) is 17.3. The highest BCUT2D eigenvalue weighted by Gasteiger charge is 2.22. The van der Waals surface area contributed by atoms with Gasteiger partial charge in [0.05, 0.1) is 21.7 Å². The van der Waals surface area contributed by atoms with Gasteiger partial charge in [-0.2, -0.15) is 5.10 Å². The Kier molecular flexibility index (Phi) is 5.40. The molecule has 0 unspecified atom stereocenters. The molecule has 32 heavy (non-hydrogen) atoms. The van der Waals surface area contributed by atoms with Gasteiger partial charge in [0.25, 0.3) is 0 Å². The van der Waals surface area contributed by atoms with Gasteiger partial charge < -0.3 is 10.4 Å². The van der Waals surface area contributed by atoms with Gasteiger partial charge in [-0.05, 0) is 73.2 Å². The zero-order valence-electron chi connectivity index (χ0n) is 17.8. The molecule has 164 valence electrons. The molecular weight excluding hydrogens is 442 g/mol. The fourth-order valence-corrected chi connectivity index (χ4v) is 5.61. The molecular formula is C23H23N5O2S2. The first-order valence-electron chi connectivity index (χ1n) is 10.4. The quantitative estimate of drug-likeness (QED) is 0.361. The van der Waals surface area contributed by atoms with Crippen LogP contribution < -0.4 is 10.0 Å². The van der Waals surface area contributed by atoms with E-state index in [9.17, 15) is 9.90 Å². The van der Waals surface area contributed by atoms with Gasteiger partial charge in [-0.25, -0.2) is 14.3 Å². The average Bonchev–Trinajstić information content (AvgIpc) is 3.51. The molecule has 0 spiro atoms. The number of carbonyl (C=O) groups is 1. The van der Waals surface area contributed by atoms with E-state index in [0.717, 1.165) is 51.5 Å². The second-order valence-electron chi connectivity index (χ2n) is 8.33. The number of aliphatic hydroxyl groups is 1. The highest BCUT2D eigenvalue weighted by atomic mass is 32.2. The van der Waals surface area contributed by atoms with Crippen LogP contribution in [-0.4, -0.2) is 25.7 Å². The van der Waals surface area contributed by atoms with Crippen LogP contribution in [0.15, 0.2) is 52.4 Å². The molecule has 0 atom stereocenters. The number of fused-ring (bicyclic) bond motifs is 2. The second-order valence-corrected chi connectivity index (χ2v) is 10.3. The van der Waals surface area contributed by atoms with E-state index in [0.29, 0.717) is 0 Å². The molecule has 0 saturated carbocycles. The van der Waals surface area contributed by atoms with Crippen LogP contribution in [0, 0.1) is 0 Å². The van der Waals surface area contributed by atoms with Crippen molar-refractivity contribution >= 4 is 40.7 Å². The third kappa shape index (κ3) is 4.11. The van der Waals surface area contributed by atoms with Crippen LogP contribution in [0.4, 0.5) is 10.5 Å². The summed E-state index contributed by atoms with van der Waals surface area (Å²) in [6.45, 7) is 3.49. The Morgan fingerprint density at radius 2 is 2.16 bits per heavy atom. The lowest BCUT2D eigenvalue weighted by atomic mass is 9.99. The van der Waals surface area contributed by atoms with Crippen molar-refractivity contribution in [1.82, 2.24) is 19.3 Å². The zero-order valence-corrected chi connectivity index (χ0v) is 19.4. The SMILES string of the molecule is CC(C)(O)c1csc(SNC(=O)Nc2c(-c3cnc4ccnn4c3)ccc3c2CCC3)c1. The molecule has 0 bridgehead atoms. The Morgan fingerprint density at radius 3 is 2.97 bits per heavy atom. The summed E-state index contributed by atoms with van der Waals surface area (Å²) < 4.78 is 5.51. The molecule has 0 aliphatic heterocycles. The fourth-order valence-electron chi connectivity index (χ4n) is 3.93. The summed E-state index contributed by atoms with van der Waals surface area (Å²) in [6, 6.07) is 7.65. The molecule has 0 fully saturated rings. The zero-order chi connectivity index (χ0) is 22.3. The number of thiophene rings is 1. The van der Waals surface area contributed by atoms with Crippen LogP contribution in [0.5, 0.6) is 0 Å². The van der Waals surface area contributed by atoms with Crippen LogP contribution in [-0.2, 0) is 18.4 Å². The van der Waals surface area contributed by atoms with Gasteiger partial charge in [0.2, 0.25) is 0 Å². The summed E-state index contributed by atoms with van der Waals surface area (Å²) in [7, 11) is 0. The van der Waals surface area contributed by atoms with Crippen LogP contribution in [0.25, 0.3) is 16.8 Å². The van der Waals surface area contributed by atoms with Crippen molar-refractivity contribution in [2.45, 2.75) is 42.9 Å². The lowest BCUT2D eigenvalue weighted by Crippen LogP contribution is -2.23. The van der Waals surface area contributed by atoms with E-state index in [1.54, 1.807) is 24.6 Å². The molecule has 1 aromatic carbocycles. The number of nitrogens with zero attached hydrogens (tertiary/aromatic N) is 3. The molecule has 0 saturated heterocycles. The molecule has 3 aromatic heterocycles. The Balaban J connectivity index is 1.39. The fraction of sp³-hybridized carbons (Fsp3) is 0.261. The maximum atomic E-state index is 12.8. The van der Waals surface area contributed by atoms with Crippen LogP contribution in [0.3, 0.4) is 0 Å². The number of amides is 2. The predicted molar refractivity (Wildman–Crippen MR) is 128 cm³/mol. The molecule has 7 nitrogen and oxygen atoms in total. The number of aryl methyl sites for hydroxylation is 1. The van der Waals surface area contributed by atoms with Crippen molar-refractivity contribution in [3.63, 3.8) is 0 Å². The summed E-state index contributed by atoms with van der Waals surface area (Å²) in [5.41, 5.74) is 5.82. The van der Waals surface area contributed by atoms with Crippen molar-refractivity contribution in [2.75, 3.05) is 5.32 Å². The third-order valence-corrected chi connectivity index (χ3v) is 7.47. The summed E-state index contributed by atoms with van der Waals surface area (Å²) in [6.07, 6.45) is 8.49. The lowest BCUT2D eigenvalue weighted by Gasteiger charge is -2.16. The number of hydrogen-bond donors (Lipinski definition) is 3. The molecule has 1 aliphatic carbocycles. The van der Waals surface area contributed by atoms with Gasteiger partial charge in [-0.1, -0.05) is 12.1 Å². The number of benzene rings is 1. The molecule has 5 rings (SSSR count). The first kappa shape index (κ1) is 21.0. The topological polar surface area (TPSA) is 91.5 Å². The molecule has 0 radical (unpaired) electrons. The third-order valence-electron chi connectivity index (χ3n) is 5.61. The smallest absolute Gasteiger partial charge is 0.329 e. The summed E-state index contributed by atoms with van der Waals surface area (Å²) in [5.74, 6) is 0. The number of aromatic nitrogens is 3. The maximum Gasteiger partial charge on any atom is 0.329 e. The normalized spacial score (nSPS) is 13.3. The second kappa shape index (κ2) is 8.23. The minimum Gasteiger partial charge on any atom is -0.386 e. The maximum absolute atomic E-state index is 12.8. The highest BCUT2D eigenvalue weighted by Crippen LogP contribution is 2.37. The molecule has 9 heteroatoms. The van der Waals surface area contributed by atoms with Gasteiger partial charge >= 0.3 is 6.03 Å². The Labute approximate surface area is 194 Å². The standard InChI is InChI=1S/C23H23N5O2S2/c1-23(2,30)16-10-20(31-13-16)32-27-22(29)26-21-17-5-3-4-14(17)6-7-18(21)15-11-24-19-8-9-25-28(19)12-15/h6-13,30H,3-5H2,1-2H3,(H2,26,27,29). The molecule has 3 heterocycles. The van der Waals surface area contributed by atoms with Crippen molar-refractivity contribution in [3.05, 3.63) is 64.9 Å². The van der Waals surface area contributed by atoms with E-state index >= 15 is 0 Å². The van der Waals surface area contributed by atoms with Gasteiger partial charge in [0.1, 0.15) is 0 Å². The minimum atomic E-state index is -0.902. The highest BCUT2D eigenvalue weighted by molar-refractivity contribution is 7.99. The molecule has 2 amide bonds. The summed E-state index contributed by atoms with van der Waals surface area (Å²) in [5, 5.41) is 19.4. The first-order chi connectivity index (χ1) is 15.4. The molecule has 1 aliphatic rings. The van der Waals surface area contributed by atoms with E-state index in [1.807, 2.05) is 36.0 Å². The van der Waals surface area contributed by atoms with Gasteiger partial charge in [0.15, 0.2) is 5.65 Å². The number of urea groups is 1. The number of hydrogen-bond acceptors (Lipinski definition) is 6. The predicted octanol–water partition coefficient (Wildman–Crippen LogP) is 5.00. The van der Waals surface area contributed by atoms with Gasteiger partial charge in [0, 0.05) is 29.6 Å². The van der Waals surface area contributed by atoms with Crippen molar-refractivity contribution in [2.24, 2.45) is 0 Å². The Hall–Kier alpha value is -2.88. The van der Waals surface area contributed by atoms with E-state index in [2.05, 4.69) is 26.2 Å². The molecule has 3 N–H and O–H groups in total. The van der Waals surface area contributed by atoms with Crippen LogP contribution in [0.1, 0.15) is 37.0 Å². The summed E-state index contributed by atoms with van der Waals surface area (Å²) >= 11 is 2.73. The van der Waals surface area contributed by atoms with Crippen molar-refractivity contribution in [3.8, 4) is 11.1 Å². The Bertz CT molecular complexity index is 1310. The lowest BCUT2D eigenvalue weighted by molar-refractivity contribution is 0.0789. The van der Waals surface area contributed by atoms with Gasteiger partial charge in [-0.15, -0.1) is 11.3 Å². The average molecular weight is 466 g/mol. The number of rotatable bonds is 5. The van der Waals surface area contributed by atoms with Crippen LogP contribution >= 0.6 is 23.3 Å². The number of carbonyl (C=O) groups excluding carboxylic acids is 1. The van der Waals surface area contributed by atoms with E-state index in [4.69, 9.17) is 0 Å². The van der Waals surface area contributed by atoms with Crippen molar-refractivity contribution < 1.29 is 9.90 Å². The van der Waals surface area contributed by atoms with Gasteiger partial charge in [-0.3, -0.25) is 4.72 Å². The Morgan fingerprint density at radius 1 is 1.28 bits per heavy atom. The number of nitrogens with one attached hydrogen (secondary N) is 2. The first-order valence-corrected chi connectivity index (χ1v) is 12.1. The van der Waals surface area contributed by atoms with E-state index < -0.39 is 5.60 Å². The van der Waals surface area contributed by atoms with Crippen molar-refractivity contribution in [1.29, 1.82) is 0 Å². The minimum absolute atomic E-state index is 0.289. The largest absolute Gasteiger partial charge is 0.386 e. The van der Waals surface area contributed by atoms with Crippen LogP contribution in [0.2, 0.25) is 0 Å². The molecule has 4 aromatic rings. The number of anilines is 1.